The molecule has 1 aromatic carbocycles. The topological polar surface area (TPSA) is 40.9 Å². The van der Waals surface area contributed by atoms with E-state index in [0.29, 0.717) is 18.8 Å². The number of aromatic nitrogens is 2. The molecule has 0 bridgehead atoms. The molecule has 0 aliphatic carbocycles. The van der Waals surface area contributed by atoms with Crippen LogP contribution in [0.1, 0.15) is 21.7 Å². The number of nitrogens with zero attached hydrogens (tertiary/aromatic N) is 4. The molecular formula is C20H21FN4O. The number of hydrogen-bond donors (Lipinski definition) is 0. The number of pyridine rings is 1. The minimum absolute atomic E-state index is 0.0133. The van der Waals surface area contributed by atoms with Gasteiger partial charge >= 0.3 is 0 Å². The zero-order valence-corrected chi connectivity index (χ0v) is 14.9. The molecule has 1 amide bonds. The van der Waals surface area contributed by atoms with Gasteiger partial charge in [-0.15, -0.1) is 0 Å². The summed E-state index contributed by atoms with van der Waals surface area (Å²) in [5.74, 6) is -0.222. The average Bonchev–Trinajstić information content (AvgIpc) is 2.97. The molecule has 1 saturated heterocycles. The SMILES string of the molecule is Cc1ccc2nc(C)c(C(=O)N3CCN(c4ccc(F)cc4)CC3)n2c1. The van der Waals surface area contributed by atoms with E-state index in [1.807, 2.05) is 41.5 Å². The first-order valence-corrected chi connectivity index (χ1v) is 8.78. The first-order chi connectivity index (χ1) is 12.5. The van der Waals surface area contributed by atoms with Gasteiger partial charge in [0.1, 0.15) is 17.2 Å². The maximum atomic E-state index is 13.1. The zero-order valence-electron chi connectivity index (χ0n) is 14.9. The molecule has 0 saturated carbocycles. The molecule has 4 rings (SSSR count). The lowest BCUT2D eigenvalue weighted by Gasteiger charge is -2.36. The van der Waals surface area contributed by atoms with Crippen molar-refractivity contribution in [2.45, 2.75) is 13.8 Å². The molecule has 3 heterocycles. The van der Waals surface area contributed by atoms with Crippen LogP contribution >= 0.6 is 0 Å². The summed E-state index contributed by atoms with van der Waals surface area (Å²) in [6.07, 6.45) is 1.96. The second kappa shape index (κ2) is 6.44. The number of piperazine rings is 1. The zero-order chi connectivity index (χ0) is 18.3. The van der Waals surface area contributed by atoms with Gasteiger partial charge < -0.3 is 9.80 Å². The highest BCUT2D eigenvalue weighted by Gasteiger charge is 2.26. The van der Waals surface area contributed by atoms with Gasteiger partial charge in [0.25, 0.3) is 5.91 Å². The normalized spacial score (nSPS) is 14.9. The van der Waals surface area contributed by atoms with Gasteiger partial charge in [-0.2, -0.15) is 0 Å². The van der Waals surface area contributed by atoms with Crippen LogP contribution in [0.25, 0.3) is 5.65 Å². The number of hydrogen-bond acceptors (Lipinski definition) is 3. The number of benzene rings is 1. The highest BCUT2D eigenvalue weighted by atomic mass is 19.1. The quantitative estimate of drug-likeness (QED) is 0.712. The summed E-state index contributed by atoms with van der Waals surface area (Å²) in [6.45, 7) is 6.61. The highest BCUT2D eigenvalue weighted by Crippen LogP contribution is 2.20. The minimum Gasteiger partial charge on any atom is -0.368 e. The van der Waals surface area contributed by atoms with Crippen LogP contribution in [0.2, 0.25) is 0 Å². The fourth-order valence-electron chi connectivity index (χ4n) is 3.50. The van der Waals surface area contributed by atoms with Crippen molar-refractivity contribution in [2.24, 2.45) is 0 Å². The van der Waals surface area contributed by atoms with Gasteiger partial charge in [-0.05, 0) is 49.7 Å². The third-order valence-electron chi connectivity index (χ3n) is 4.90. The molecule has 0 atom stereocenters. The van der Waals surface area contributed by atoms with Crippen molar-refractivity contribution in [3.63, 3.8) is 0 Å². The first-order valence-electron chi connectivity index (χ1n) is 8.78. The molecule has 3 aromatic rings. The Kier molecular flexibility index (Phi) is 4.11. The van der Waals surface area contributed by atoms with Crippen LogP contribution in [-0.2, 0) is 0 Å². The van der Waals surface area contributed by atoms with Gasteiger partial charge in [-0.3, -0.25) is 9.20 Å². The Morgan fingerprint density at radius 1 is 1.00 bits per heavy atom. The van der Waals surface area contributed by atoms with Crippen LogP contribution in [-0.4, -0.2) is 46.4 Å². The number of halogens is 1. The van der Waals surface area contributed by atoms with Gasteiger partial charge in [-0.1, -0.05) is 6.07 Å². The van der Waals surface area contributed by atoms with Crippen molar-refractivity contribution in [2.75, 3.05) is 31.1 Å². The molecule has 6 heteroatoms. The van der Waals surface area contributed by atoms with Crippen LogP contribution in [0.5, 0.6) is 0 Å². The van der Waals surface area contributed by atoms with Crippen LogP contribution in [0.3, 0.4) is 0 Å². The summed E-state index contributed by atoms with van der Waals surface area (Å²) in [6, 6.07) is 10.4. The lowest BCUT2D eigenvalue weighted by molar-refractivity contribution is 0.0739. The summed E-state index contributed by atoms with van der Waals surface area (Å²) in [4.78, 5) is 21.7. The third kappa shape index (κ3) is 2.92. The molecule has 0 spiro atoms. The third-order valence-corrected chi connectivity index (χ3v) is 4.90. The smallest absolute Gasteiger partial charge is 0.272 e. The van der Waals surface area contributed by atoms with Crippen molar-refractivity contribution >= 4 is 17.2 Å². The number of amides is 1. The van der Waals surface area contributed by atoms with Gasteiger partial charge in [0, 0.05) is 38.1 Å². The molecule has 0 radical (unpaired) electrons. The van der Waals surface area contributed by atoms with E-state index in [9.17, 15) is 9.18 Å². The lowest BCUT2D eigenvalue weighted by Crippen LogP contribution is -2.49. The Balaban J connectivity index is 1.53. The molecule has 0 N–H and O–H groups in total. The molecule has 0 unspecified atom stereocenters. The second-order valence-corrected chi connectivity index (χ2v) is 6.74. The van der Waals surface area contributed by atoms with Crippen molar-refractivity contribution in [3.05, 3.63) is 65.4 Å². The molecule has 2 aromatic heterocycles. The molecular weight excluding hydrogens is 331 g/mol. The number of fused-ring (bicyclic) bond motifs is 1. The van der Waals surface area contributed by atoms with Crippen molar-refractivity contribution in [3.8, 4) is 0 Å². The fourth-order valence-corrected chi connectivity index (χ4v) is 3.50. The van der Waals surface area contributed by atoms with E-state index >= 15 is 0 Å². The highest BCUT2D eigenvalue weighted by molar-refractivity contribution is 5.95. The van der Waals surface area contributed by atoms with E-state index < -0.39 is 0 Å². The van der Waals surface area contributed by atoms with E-state index in [0.717, 1.165) is 35.7 Å². The average molecular weight is 352 g/mol. The van der Waals surface area contributed by atoms with Crippen LogP contribution < -0.4 is 4.90 Å². The minimum atomic E-state index is -0.235. The fraction of sp³-hybridized carbons (Fsp3) is 0.300. The lowest BCUT2D eigenvalue weighted by atomic mass is 10.2. The molecule has 1 fully saturated rings. The predicted molar refractivity (Wildman–Crippen MR) is 99.2 cm³/mol. The number of aryl methyl sites for hydroxylation is 2. The maximum absolute atomic E-state index is 13.1. The van der Waals surface area contributed by atoms with Gasteiger partial charge in [0.2, 0.25) is 0 Å². The number of carbonyl (C=O) groups excluding carboxylic acids is 1. The Morgan fingerprint density at radius 2 is 1.69 bits per heavy atom. The summed E-state index contributed by atoms with van der Waals surface area (Å²) < 4.78 is 15.0. The van der Waals surface area contributed by atoms with Gasteiger partial charge in [0.15, 0.2) is 0 Å². The van der Waals surface area contributed by atoms with E-state index in [-0.39, 0.29) is 11.7 Å². The van der Waals surface area contributed by atoms with E-state index in [1.165, 1.54) is 12.1 Å². The summed E-state index contributed by atoms with van der Waals surface area (Å²) in [7, 11) is 0. The largest absolute Gasteiger partial charge is 0.368 e. The van der Waals surface area contributed by atoms with Crippen LogP contribution in [0, 0.1) is 19.7 Å². The van der Waals surface area contributed by atoms with E-state index in [4.69, 9.17) is 0 Å². The maximum Gasteiger partial charge on any atom is 0.272 e. The number of carbonyl (C=O) groups is 1. The van der Waals surface area contributed by atoms with Crippen molar-refractivity contribution in [1.82, 2.24) is 14.3 Å². The van der Waals surface area contributed by atoms with E-state index in [2.05, 4.69) is 9.88 Å². The predicted octanol–water partition coefficient (Wildman–Crippen LogP) is 3.05. The number of rotatable bonds is 2. The molecule has 1 aliphatic heterocycles. The van der Waals surface area contributed by atoms with Crippen molar-refractivity contribution in [1.29, 1.82) is 0 Å². The monoisotopic (exact) mass is 352 g/mol. The summed E-state index contributed by atoms with van der Waals surface area (Å²) in [5.41, 5.74) is 4.26. The Hall–Kier alpha value is -2.89. The summed E-state index contributed by atoms with van der Waals surface area (Å²) in [5, 5.41) is 0. The Labute approximate surface area is 151 Å². The van der Waals surface area contributed by atoms with Gasteiger partial charge in [0.05, 0.1) is 5.69 Å². The van der Waals surface area contributed by atoms with Gasteiger partial charge in [-0.25, -0.2) is 9.37 Å². The molecule has 134 valence electrons. The number of imidazole rings is 1. The summed E-state index contributed by atoms with van der Waals surface area (Å²) >= 11 is 0. The van der Waals surface area contributed by atoms with Crippen LogP contribution in [0.4, 0.5) is 10.1 Å². The number of anilines is 1. The molecule has 1 aliphatic rings. The molecule has 26 heavy (non-hydrogen) atoms. The van der Waals surface area contributed by atoms with Crippen LogP contribution in [0.15, 0.2) is 42.6 Å². The van der Waals surface area contributed by atoms with Crippen molar-refractivity contribution < 1.29 is 9.18 Å². The molecule has 5 nitrogen and oxygen atoms in total. The Bertz CT molecular complexity index is 956. The van der Waals surface area contributed by atoms with E-state index in [1.54, 1.807) is 12.1 Å². The Morgan fingerprint density at radius 3 is 2.38 bits per heavy atom. The second-order valence-electron chi connectivity index (χ2n) is 6.74. The standard InChI is InChI=1S/C20H21FN4O/c1-14-3-8-18-22-15(2)19(25(18)13-14)20(26)24-11-9-23(10-12-24)17-6-4-16(21)5-7-17/h3-8,13H,9-12H2,1-2H3. The first kappa shape index (κ1) is 16.6.